The lowest BCUT2D eigenvalue weighted by Crippen LogP contribution is -2.02. The van der Waals surface area contributed by atoms with Gasteiger partial charge in [0.15, 0.2) is 0 Å². The summed E-state index contributed by atoms with van der Waals surface area (Å²) in [5.74, 6) is 2.35. The van der Waals surface area contributed by atoms with Gasteiger partial charge in [-0.15, -0.1) is 0 Å². The molecule has 0 bridgehead atoms. The molecular formula is C17H17N5O. The highest BCUT2D eigenvalue weighted by molar-refractivity contribution is 5.57. The van der Waals surface area contributed by atoms with E-state index in [1.807, 2.05) is 48.3 Å². The molecule has 0 amide bonds. The fourth-order valence-electron chi connectivity index (χ4n) is 2.57. The van der Waals surface area contributed by atoms with Gasteiger partial charge < -0.3 is 10.1 Å². The third-order valence-electron chi connectivity index (χ3n) is 3.79. The third kappa shape index (κ3) is 3.01. The summed E-state index contributed by atoms with van der Waals surface area (Å²) in [4.78, 5) is 8.68. The van der Waals surface area contributed by atoms with Gasteiger partial charge in [-0.25, -0.2) is 4.98 Å². The molecule has 2 heterocycles. The van der Waals surface area contributed by atoms with Crippen molar-refractivity contribution < 1.29 is 4.74 Å². The lowest BCUT2D eigenvalue weighted by Gasteiger charge is -2.08. The van der Waals surface area contributed by atoms with Crippen LogP contribution in [0.15, 0.2) is 48.8 Å². The molecule has 4 rings (SSSR count). The fraction of sp³-hybridized carbons (Fsp3) is 0.235. The Hall–Kier alpha value is -2.89. The summed E-state index contributed by atoms with van der Waals surface area (Å²) in [6.07, 6.45) is 5.93. The number of anilines is 2. The van der Waals surface area contributed by atoms with Gasteiger partial charge in [0.05, 0.1) is 17.6 Å². The van der Waals surface area contributed by atoms with Gasteiger partial charge in [-0.1, -0.05) is 18.2 Å². The summed E-state index contributed by atoms with van der Waals surface area (Å²) in [6, 6.07) is 11.3. The molecule has 0 atom stereocenters. The second-order valence-electron chi connectivity index (χ2n) is 5.60. The maximum atomic E-state index is 5.74. The second-order valence-corrected chi connectivity index (χ2v) is 5.60. The number of nitrogens with one attached hydrogen (secondary N) is 1. The van der Waals surface area contributed by atoms with E-state index < -0.39 is 0 Å². The van der Waals surface area contributed by atoms with E-state index in [0.29, 0.717) is 17.7 Å². The number of nitrogens with zero attached hydrogens (tertiary/aromatic N) is 4. The van der Waals surface area contributed by atoms with E-state index in [0.717, 1.165) is 11.4 Å². The Morgan fingerprint density at radius 3 is 2.78 bits per heavy atom. The minimum Gasteiger partial charge on any atom is -0.439 e. The van der Waals surface area contributed by atoms with Gasteiger partial charge >= 0.3 is 0 Å². The molecule has 1 saturated carbocycles. The van der Waals surface area contributed by atoms with E-state index >= 15 is 0 Å². The highest BCUT2D eigenvalue weighted by Gasteiger charge is 2.29. The van der Waals surface area contributed by atoms with Crippen LogP contribution in [0, 0.1) is 0 Å². The van der Waals surface area contributed by atoms with Crippen LogP contribution in [0.25, 0.3) is 0 Å². The minimum atomic E-state index is 0.505. The maximum Gasteiger partial charge on any atom is 0.230 e. The summed E-state index contributed by atoms with van der Waals surface area (Å²) in [5, 5.41) is 7.59. The fourth-order valence-corrected chi connectivity index (χ4v) is 2.57. The zero-order chi connectivity index (χ0) is 15.6. The number of hydrogen-bond donors (Lipinski definition) is 1. The van der Waals surface area contributed by atoms with Gasteiger partial charge in [-0.3, -0.25) is 4.68 Å². The lowest BCUT2D eigenvalue weighted by molar-refractivity contribution is 0.462. The second kappa shape index (κ2) is 5.72. The van der Waals surface area contributed by atoms with Gasteiger partial charge in [0, 0.05) is 25.2 Å². The molecule has 1 aromatic carbocycles. The average molecular weight is 307 g/mol. The van der Waals surface area contributed by atoms with Crippen molar-refractivity contribution in [2.24, 2.45) is 7.05 Å². The third-order valence-corrected chi connectivity index (χ3v) is 3.79. The van der Waals surface area contributed by atoms with Crippen molar-refractivity contribution in [3.05, 3.63) is 54.5 Å². The van der Waals surface area contributed by atoms with Crippen LogP contribution >= 0.6 is 0 Å². The monoisotopic (exact) mass is 307 g/mol. The number of para-hydroxylation sites is 1. The Morgan fingerprint density at radius 1 is 1.17 bits per heavy atom. The molecule has 3 aromatic rings. The van der Waals surface area contributed by atoms with Gasteiger partial charge in [-0.2, -0.15) is 10.1 Å². The van der Waals surface area contributed by atoms with Crippen LogP contribution in [0.2, 0.25) is 0 Å². The molecule has 1 N–H and O–H groups in total. The molecule has 6 nitrogen and oxygen atoms in total. The van der Waals surface area contributed by atoms with Crippen LogP contribution in [-0.4, -0.2) is 19.7 Å². The number of benzene rings is 1. The van der Waals surface area contributed by atoms with Crippen molar-refractivity contribution in [1.29, 1.82) is 0 Å². The maximum absolute atomic E-state index is 5.74. The standard InChI is InChI=1S/C17H17N5O/c1-22-16(12-7-8-12)14(11-19-22)20-17-18-10-9-15(21-17)23-13-5-3-2-4-6-13/h2-6,9-12H,7-8H2,1H3,(H,18,20,21). The van der Waals surface area contributed by atoms with Crippen molar-refractivity contribution >= 4 is 11.6 Å². The smallest absolute Gasteiger partial charge is 0.230 e. The van der Waals surface area contributed by atoms with Crippen LogP contribution in [0.3, 0.4) is 0 Å². The van der Waals surface area contributed by atoms with Gasteiger partial charge in [0.1, 0.15) is 5.75 Å². The lowest BCUT2D eigenvalue weighted by atomic mass is 10.2. The quantitative estimate of drug-likeness (QED) is 0.780. The molecule has 116 valence electrons. The summed E-state index contributed by atoms with van der Waals surface area (Å²) < 4.78 is 7.66. The number of ether oxygens (including phenoxy) is 1. The van der Waals surface area contributed by atoms with Crippen LogP contribution < -0.4 is 10.1 Å². The zero-order valence-corrected chi connectivity index (χ0v) is 12.8. The number of aromatic nitrogens is 4. The molecule has 2 aromatic heterocycles. The van der Waals surface area contributed by atoms with Crippen LogP contribution in [-0.2, 0) is 7.05 Å². The molecule has 0 radical (unpaired) electrons. The topological polar surface area (TPSA) is 64.9 Å². The molecule has 23 heavy (non-hydrogen) atoms. The van der Waals surface area contributed by atoms with Gasteiger partial charge in [0.25, 0.3) is 0 Å². The summed E-state index contributed by atoms with van der Waals surface area (Å²) in [5.41, 5.74) is 2.18. The van der Waals surface area contributed by atoms with E-state index in [4.69, 9.17) is 4.74 Å². The van der Waals surface area contributed by atoms with Gasteiger partial charge in [-0.05, 0) is 25.0 Å². The molecule has 0 spiro atoms. The highest BCUT2D eigenvalue weighted by Crippen LogP contribution is 2.43. The predicted octanol–water partition coefficient (Wildman–Crippen LogP) is 3.62. The largest absolute Gasteiger partial charge is 0.439 e. The average Bonchev–Trinajstić information content (AvgIpc) is 3.33. The molecule has 1 aliphatic rings. The number of hydrogen-bond acceptors (Lipinski definition) is 5. The van der Waals surface area contributed by atoms with E-state index in [1.165, 1.54) is 18.5 Å². The number of aryl methyl sites for hydroxylation is 1. The Balaban J connectivity index is 1.55. The first kappa shape index (κ1) is 13.8. The van der Waals surface area contributed by atoms with Crippen LogP contribution in [0.4, 0.5) is 11.6 Å². The summed E-state index contributed by atoms with van der Waals surface area (Å²) in [6.45, 7) is 0. The molecule has 0 saturated heterocycles. The molecule has 1 aliphatic carbocycles. The summed E-state index contributed by atoms with van der Waals surface area (Å²) >= 11 is 0. The van der Waals surface area contributed by atoms with Crippen molar-refractivity contribution in [2.75, 3.05) is 5.32 Å². The van der Waals surface area contributed by atoms with E-state index in [-0.39, 0.29) is 0 Å². The molecule has 1 fully saturated rings. The van der Waals surface area contributed by atoms with Crippen molar-refractivity contribution in [1.82, 2.24) is 19.7 Å². The molecule has 6 heteroatoms. The van der Waals surface area contributed by atoms with Gasteiger partial charge in [0.2, 0.25) is 11.8 Å². The van der Waals surface area contributed by atoms with E-state index in [1.54, 1.807) is 12.3 Å². The SMILES string of the molecule is Cn1ncc(Nc2nccc(Oc3ccccc3)n2)c1C1CC1. The van der Waals surface area contributed by atoms with Crippen molar-refractivity contribution in [3.63, 3.8) is 0 Å². The minimum absolute atomic E-state index is 0.505. The zero-order valence-electron chi connectivity index (χ0n) is 12.8. The Bertz CT molecular complexity index is 811. The van der Waals surface area contributed by atoms with Crippen molar-refractivity contribution in [2.45, 2.75) is 18.8 Å². The first-order valence-corrected chi connectivity index (χ1v) is 7.64. The Labute approximate surface area is 134 Å². The van der Waals surface area contributed by atoms with Crippen LogP contribution in [0.1, 0.15) is 24.5 Å². The normalized spacial score (nSPS) is 13.8. The number of rotatable bonds is 5. The predicted molar refractivity (Wildman–Crippen MR) is 87.0 cm³/mol. The first-order valence-electron chi connectivity index (χ1n) is 7.64. The molecular weight excluding hydrogens is 290 g/mol. The Morgan fingerprint density at radius 2 is 2.00 bits per heavy atom. The highest BCUT2D eigenvalue weighted by atomic mass is 16.5. The van der Waals surface area contributed by atoms with Crippen molar-refractivity contribution in [3.8, 4) is 11.6 Å². The first-order chi connectivity index (χ1) is 11.3. The van der Waals surface area contributed by atoms with E-state index in [9.17, 15) is 0 Å². The summed E-state index contributed by atoms with van der Waals surface area (Å²) in [7, 11) is 1.97. The van der Waals surface area contributed by atoms with E-state index in [2.05, 4.69) is 20.4 Å². The Kier molecular flexibility index (Phi) is 3.42. The molecule has 0 unspecified atom stereocenters. The van der Waals surface area contributed by atoms with Crippen LogP contribution in [0.5, 0.6) is 11.6 Å². The molecule has 0 aliphatic heterocycles.